The van der Waals surface area contributed by atoms with E-state index in [0.29, 0.717) is 12.1 Å². The summed E-state index contributed by atoms with van der Waals surface area (Å²) in [5.41, 5.74) is 1.32. The van der Waals surface area contributed by atoms with Crippen molar-refractivity contribution in [3.05, 3.63) is 35.9 Å². The lowest BCUT2D eigenvalue weighted by molar-refractivity contribution is 0.156. The molecule has 0 heterocycles. The number of benzene rings is 1. The first-order chi connectivity index (χ1) is 8.81. The van der Waals surface area contributed by atoms with Gasteiger partial charge in [-0.3, -0.25) is 0 Å². The summed E-state index contributed by atoms with van der Waals surface area (Å²) in [6.07, 6.45) is 5.55. The van der Waals surface area contributed by atoms with Gasteiger partial charge in [-0.15, -0.1) is 0 Å². The summed E-state index contributed by atoms with van der Waals surface area (Å²) < 4.78 is 5.36. The number of methoxy groups -OCH3 is 1. The van der Waals surface area contributed by atoms with Crippen molar-refractivity contribution in [2.24, 2.45) is 5.92 Å². The first-order valence-electron chi connectivity index (χ1n) is 7.11. The fourth-order valence-electron chi connectivity index (χ4n) is 3.00. The second-order valence-corrected chi connectivity index (χ2v) is 5.42. The lowest BCUT2D eigenvalue weighted by atomic mass is 9.97. The second kappa shape index (κ2) is 6.91. The molecule has 0 spiro atoms. The van der Waals surface area contributed by atoms with Gasteiger partial charge in [-0.1, -0.05) is 43.2 Å². The molecule has 0 aliphatic heterocycles. The van der Waals surface area contributed by atoms with Gasteiger partial charge in [-0.2, -0.15) is 0 Å². The van der Waals surface area contributed by atoms with Crippen molar-refractivity contribution >= 4 is 0 Å². The van der Waals surface area contributed by atoms with Crippen LogP contribution in [0.25, 0.3) is 0 Å². The van der Waals surface area contributed by atoms with E-state index in [4.69, 9.17) is 4.74 Å². The highest BCUT2D eigenvalue weighted by atomic mass is 16.5. The average molecular weight is 247 g/mol. The fourth-order valence-corrected chi connectivity index (χ4v) is 3.00. The minimum Gasteiger partial charge on any atom is -0.383 e. The molecule has 100 valence electrons. The summed E-state index contributed by atoms with van der Waals surface area (Å²) in [4.78, 5) is 0. The van der Waals surface area contributed by atoms with Crippen LogP contribution in [0.1, 0.15) is 44.2 Å². The maximum Gasteiger partial charge on any atom is 0.0657 e. The Morgan fingerprint density at radius 2 is 1.89 bits per heavy atom. The zero-order chi connectivity index (χ0) is 12.8. The third kappa shape index (κ3) is 3.56. The molecule has 0 amide bonds. The number of hydrogen-bond acceptors (Lipinski definition) is 2. The molecule has 2 rings (SSSR count). The smallest absolute Gasteiger partial charge is 0.0657 e. The van der Waals surface area contributed by atoms with Crippen molar-refractivity contribution in [1.29, 1.82) is 0 Å². The Bertz CT molecular complexity index is 332. The van der Waals surface area contributed by atoms with Gasteiger partial charge in [0, 0.05) is 13.2 Å². The quantitative estimate of drug-likeness (QED) is 0.830. The summed E-state index contributed by atoms with van der Waals surface area (Å²) in [5.74, 6) is 0.841. The van der Waals surface area contributed by atoms with Crippen molar-refractivity contribution in [3.63, 3.8) is 0 Å². The second-order valence-electron chi connectivity index (χ2n) is 5.42. The molecule has 0 bridgehead atoms. The normalized spacial score (nSPS) is 19.9. The van der Waals surface area contributed by atoms with Crippen molar-refractivity contribution in [3.8, 4) is 0 Å². The largest absolute Gasteiger partial charge is 0.383 e. The number of ether oxygens (including phenoxy) is 1. The molecule has 1 saturated carbocycles. The standard InChI is InChI=1S/C16H25NO/c1-13(14-8-6-7-9-14)17-16(12-18-2)15-10-4-3-5-11-15/h3-5,10-11,13-14,16-17H,6-9,12H2,1-2H3/t13-,16?/m1/s1. The van der Waals surface area contributed by atoms with Gasteiger partial charge < -0.3 is 10.1 Å². The van der Waals surface area contributed by atoms with E-state index in [9.17, 15) is 0 Å². The predicted molar refractivity (Wildman–Crippen MR) is 75.6 cm³/mol. The molecule has 2 nitrogen and oxygen atoms in total. The first kappa shape index (κ1) is 13.6. The van der Waals surface area contributed by atoms with E-state index < -0.39 is 0 Å². The molecule has 18 heavy (non-hydrogen) atoms. The first-order valence-corrected chi connectivity index (χ1v) is 7.11. The maximum absolute atomic E-state index is 5.36. The number of hydrogen-bond donors (Lipinski definition) is 1. The maximum atomic E-state index is 5.36. The average Bonchev–Trinajstić information content (AvgIpc) is 2.93. The van der Waals surface area contributed by atoms with Gasteiger partial charge in [0.1, 0.15) is 0 Å². The summed E-state index contributed by atoms with van der Waals surface area (Å²) in [7, 11) is 1.78. The molecule has 2 atom stereocenters. The molecular weight excluding hydrogens is 222 g/mol. The lowest BCUT2D eigenvalue weighted by Gasteiger charge is -2.27. The van der Waals surface area contributed by atoms with Crippen LogP contribution in [0.4, 0.5) is 0 Å². The summed E-state index contributed by atoms with van der Waals surface area (Å²) in [6.45, 7) is 3.06. The Kier molecular flexibility index (Phi) is 5.21. The molecule has 1 N–H and O–H groups in total. The van der Waals surface area contributed by atoms with E-state index >= 15 is 0 Å². The molecule has 1 unspecified atom stereocenters. The van der Waals surface area contributed by atoms with Crippen molar-refractivity contribution in [2.45, 2.75) is 44.7 Å². The van der Waals surface area contributed by atoms with Gasteiger partial charge in [0.05, 0.1) is 12.6 Å². The van der Waals surface area contributed by atoms with E-state index in [2.05, 4.69) is 42.6 Å². The van der Waals surface area contributed by atoms with E-state index in [0.717, 1.165) is 12.5 Å². The van der Waals surface area contributed by atoms with Crippen LogP contribution in [-0.2, 0) is 4.74 Å². The summed E-state index contributed by atoms with van der Waals surface area (Å²) >= 11 is 0. The minimum absolute atomic E-state index is 0.312. The van der Waals surface area contributed by atoms with Crippen LogP contribution >= 0.6 is 0 Å². The van der Waals surface area contributed by atoms with Crippen molar-refractivity contribution < 1.29 is 4.74 Å². The third-order valence-corrected chi connectivity index (χ3v) is 4.11. The molecule has 2 heteroatoms. The van der Waals surface area contributed by atoms with Gasteiger partial charge in [-0.05, 0) is 31.2 Å². The van der Waals surface area contributed by atoms with Crippen LogP contribution in [0.5, 0.6) is 0 Å². The highest BCUT2D eigenvalue weighted by molar-refractivity contribution is 5.19. The van der Waals surface area contributed by atoms with E-state index in [-0.39, 0.29) is 0 Å². The molecule has 1 fully saturated rings. The van der Waals surface area contributed by atoms with Gasteiger partial charge >= 0.3 is 0 Å². The third-order valence-electron chi connectivity index (χ3n) is 4.11. The van der Waals surface area contributed by atoms with Gasteiger partial charge in [-0.25, -0.2) is 0 Å². The highest BCUT2D eigenvalue weighted by Gasteiger charge is 2.24. The van der Waals surface area contributed by atoms with Crippen LogP contribution < -0.4 is 5.32 Å². The van der Waals surface area contributed by atoms with Crippen molar-refractivity contribution in [2.75, 3.05) is 13.7 Å². The van der Waals surface area contributed by atoms with Gasteiger partial charge in [0.2, 0.25) is 0 Å². The molecule has 1 aromatic rings. The molecule has 0 aromatic heterocycles. The zero-order valence-corrected chi connectivity index (χ0v) is 11.6. The molecule has 1 aliphatic rings. The molecule has 1 aliphatic carbocycles. The Morgan fingerprint density at radius 3 is 2.50 bits per heavy atom. The Labute approximate surface area is 111 Å². The number of rotatable bonds is 6. The van der Waals surface area contributed by atoms with E-state index in [1.165, 1.54) is 31.2 Å². The SMILES string of the molecule is COCC(N[C@H](C)C1CCCC1)c1ccccc1. The summed E-state index contributed by atoms with van der Waals surface area (Å²) in [6, 6.07) is 11.5. The Morgan fingerprint density at radius 1 is 1.22 bits per heavy atom. The van der Waals surface area contributed by atoms with Gasteiger partial charge in [0.25, 0.3) is 0 Å². The van der Waals surface area contributed by atoms with Crippen LogP contribution in [0.15, 0.2) is 30.3 Å². The van der Waals surface area contributed by atoms with Crippen LogP contribution in [0.3, 0.4) is 0 Å². The van der Waals surface area contributed by atoms with Crippen LogP contribution in [0.2, 0.25) is 0 Å². The highest BCUT2D eigenvalue weighted by Crippen LogP contribution is 2.28. The monoisotopic (exact) mass is 247 g/mol. The van der Waals surface area contributed by atoms with Crippen molar-refractivity contribution in [1.82, 2.24) is 5.32 Å². The van der Waals surface area contributed by atoms with E-state index in [1.807, 2.05) is 0 Å². The van der Waals surface area contributed by atoms with E-state index in [1.54, 1.807) is 7.11 Å². The van der Waals surface area contributed by atoms with Crippen LogP contribution in [-0.4, -0.2) is 19.8 Å². The molecular formula is C16H25NO. The molecule has 1 aromatic carbocycles. The predicted octanol–water partition coefficient (Wildman–Crippen LogP) is 3.54. The fraction of sp³-hybridized carbons (Fsp3) is 0.625. The summed E-state index contributed by atoms with van der Waals surface area (Å²) in [5, 5.41) is 3.75. The lowest BCUT2D eigenvalue weighted by Crippen LogP contribution is -2.37. The van der Waals surface area contributed by atoms with Gasteiger partial charge in [0.15, 0.2) is 0 Å². The topological polar surface area (TPSA) is 21.3 Å². The Balaban J connectivity index is 1.97. The minimum atomic E-state index is 0.312. The van der Waals surface area contributed by atoms with Crippen LogP contribution in [0, 0.1) is 5.92 Å². The number of nitrogens with one attached hydrogen (secondary N) is 1. The molecule has 0 radical (unpaired) electrons. The Hall–Kier alpha value is -0.860. The molecule has 0 saturated heterocycles. The zero-order valence-electron chi connectivity index (χ0n) is 11.6.